The summed E-state index contributed by atoms with van der Waals surface area (Å²) in [7, 11) is 1.68. The Balaban J connectivity index is 2.09. The van der Waals surface area contributed by atoms with Crippen LogP contribution in [0.4, 0.5) is 11.5 Å². The molecule has 2 rings (SSSR count). The van der Waals surface area contributed by atoms with Crippen molar-refractivity contribution >= 4 is 11.5 Å². The predicted molar refractivity (Wildman–Crippen MR) is 87.4 cm³/mol. The fourth-order valence-electron chi connectivity index (χ4n) is 1.91. The highest BCUT2D eigenvalue weighted by Gasteiger charge is 2.10. The van der Waals surface area contributed by atoms with Crippen LogP contribution in [0.2, 0.25) is 0 Å². The first-order valence-corrected chi connectivity index (χ1v) is 7.20. The second-order valence-electron chi connectivity index (χ2n) is 5.06. The molecule has 0 radical (unpaired) electrons. The topological polar surface area (TPSA) is 82.3 Å². The van der Waals surface area contributed by atoms with E-state index < -0.39 is 0 Å². The number of hydrogen-bond acceptors (Lipinski definition) is 6. The summed E-state index contributed by atoms with van der Waals surface area (Å²) in [6.45, 7) is 5.50. The minimum absolute atomic E-state index is 0.354. The lowest BCUT2D eigenvalue weighted by atomic mass is 10.1. The average molecular weight is 302 g/mol. The molecular weight excluding hydrogens is 280 g/mol. The van der Waals surface area contributed by atoms with Gasteiger partial charge in [0.25, 0.3) is 0 Å². The van der Waals surface area contributed by atoms with Gasteiger partial charge in [0.2, 0.25) is 5.88 Å². The number of aryl methyl sites for hydroxylation is 2. The van der Waals surface area contributed by atoms with Crippen LogP contribution in [0.1, 0.15) is 17.5 Å². The van der Waals surface area contributed by atoms with Gasteiger partial charge in [0.1, 0.15) is 17.8 Å². The Bertz CT molecular complexity index is 632. The van der Waals surface area contributed by atoms with E-state index in [9.17, 15) is 0 Å². The van der Waals surface area contributed by atoms with Crippen molar-refractivity contribution in [1.82, 2.24) is 9.97 Å². The molecular formula is C16H22N4O2. The largest absolute Gasteiger partial charge is 0.437 e. The van der Waals surface area contributed by atoms with Gasteiger partial charge in [0, 0.05) is 20.3 Å². The monoisotopic (exact) mass is 302 g/mol. The van der Waals surface area contributed by atoms with Gasteiger partial charge in [-0.15, -0.1) is 0 Å². The van der Waals surface area contributed by atoms with Crippen LogP contribution in [0.3, 0.4) is 0 Å². The molecule has 0 bridgehead atoms. The van der Waals surface area contributed by atoms with Crippen molar-refractivity contribution in [2.45, 2.75) is 20.3 Å². The van der Waals surface area contributed by atoms with Crippen LogP contribution < -0.4 is 15.8 Å². The Labute approximate surface area is 130 Å². The summed E-state index contributed by atoms with van der Waals surface area (Å²) in [4.78, 5) is 8.25. The number of hydrogen-bond donors (Lipinski definition) is 2. The number of nitrogen functional groups attached to an aromatic ring is 1. The molecule has 2 aromatic rings. The second-order valence-corrected chi connectivity index (χ2v) is 5.06. The molecule has 22 heavy (non-hydrogen) atoms. The summed E-state index contributed by atoms with van der Waals surface area (Å²) in [5.74, 6) is 1.64. The van der Waals surface area contributed by atoms with E-state index in [-0.39, 0.29) is 0 Å². The second kappa shape index (κ2) is 7.61. The first kappa shape index (κ1) is 16.0. The van der Waals surface area contributed by atoms with Crippen molar-refractivity contribution < 1.29 is 9.47 Å². The molecule has 0 unspecified atom stereocenters. The maximum absolute atomic E-state index is 6.07. The van der Waals surface area contributed by atoms with Gasteiger partial charge >= 0.3 is 0 Å². The molecule has 0 aliphatic carbocycles. The third kappa shape index (κ3) is 4.08. The zero-order valence-electron chi connectivity index (χ0n) is 13.2. The van der Waals surface area contributed by atoms with Crippen LogP contribution in [0.15, 0.2) is 24.5 Å². The highest BCUT2D eigenvalue weighted by atomic mass is 16.5. The van der Waals surface area contributed by atoms with Crippen LogP contribution >= 0.6 is 0 Å². The highest BCUT2D eigenvalue weighted by Crippen LogP contribution is 2.29. The predicted octanol–water partition coefficient (Wildman–Crippen LogP) is 2.92. The normalized spacial score (nSPS) is 10.5. The molecule has 0 saturated carbocycles. The van der Waals surface area contributed by atoms with E-state index in [4.69, 9.17) is 15.2 Å². The number of nitrogens with zero attached hydrogens (tertiary/aromatic N) is 2. The SMILES string of the molecule is COCCCNc1ncnc(Oc2ccc(C)c(C)c2)c1N. The van der Waals surface area contributed by atoms with E-state index in [0.29, 0.717) is 29.7 Å². The Morgan fingerprint density at radius 1 is 1.18 bits per heavy atom. The number of aromatic nitrogens is 2. The van der Waals surface area contributed by atoms with Gasteiger partial charge in [-0.3, -0.25) is 0 Å². The van der Waals surface area contributed by atoms with Crippen LogP contribution in [-0.4, -0.2) is 30.2 Å². The van der Waals surface area contributed by atoms with Gasteiger partial charge in [-0.05, 0) is 43.5 Å². The van der Waals surface area contributed by atoms with Gasteiger partial charge < -0.3 is 20.5 Å². The first-order chi connectivity index (χ1) is 10.6. The number of ether oxygens (including phenoxy) is 2. The Hall–Kier alpha value is -2.34. The summed E-state index contributed by atoms with van der Waals surface area (Å²) in [6.07, 6.45) is 2.30. The van der Waals surface area contributed by atoms with Crippen molar-refractivity contribution in [3.63, 3.8) is 0 Å². The van der Waals surface area contributed by atoms with Gasteiger partial charge in [-0.2, -0.15) is 4.98 Å². The summed E-state index contributed by atoms with van der Waals surface area (Å²) in [5, 5.41) is 3.16. The number of benzene rings is 1. The van der Waals surface area contributed by atoms with Crippen molar-refractivity contribution in [3.05, 3.63) is 35.7 Å². The molecule has 0 aliphatic rings. The van der Waals surface area contributed by atoms with Crippen LogP contribution in [0, 0.1) is 13.8 Å². The lowest BCUT2D eigenvalue weighted by Crippen LogP contribution is -2.09. The van der Waals surface area contributed by atoms with E-state index >= 15 is 0 Å². The molecule has 6 nitrogen and oxygen atoms in total. The molecule has 0 atom stereocenters. The number of nitrogens with one attached hydrogen (secondary N) is 1. The van der Waals surface area contributed by atoms with Crippen LogP contribution in [0.25, 0.3) is 0 Å². The van der Waals surface area contributed by atoms with Crippen molar-refractivity contribution in [2.24, 2.45) is 0 Å². The van der Waals surface area contributed by atoms with Crippen molar-refractivity contribution in [3.8, 4) is 11.6 Å². The molecule has 0 spiro atoms. The molecule has 1 aromatic heterocycles. The molecule has 0 fully saturated rings. The minimum Gasteiger partial charge on any atom is -0.437 e. The summed E-state index contributed by atoms with van der Waals surface area (Å²) < 4.78 is 10.8. The van der Waals surface area contributed by atoms with Gasteiger partial charge in [0.05, 0.1) is 0 Å². The highest BCUT2D eigenvalue weighted by molar-refractivity contribution is 5.66. The molecule has 118 valence electrons. The standard InChI is InChI=1S/C16H22N4O2/c1-11-5-6-13(9-12(11)2)22-16-14(17)15(19-10-20-16)18-7-4-8-21-3/h5-6,9-10H,4,7-8,17H2,1-3H3,(H,18,19,20). The summed E-state index contributed by atoms with van der Waals surface area (Å²) in [5.41, 5.74) is 8.84. The lowest BCUT2D eigenvalue weighted by molar-refractivity contribution is 0.198. The zero-order valence-corrected chi connectivity index (χ0v) is 13.2. The molecule has 0 saturated heterocycles. The zero-order chi connectivity index (χ0) is 15.9. The van der Waals surface area contributed by atoms with Crippen molar-refractivity contribution in [2.75, 3.05) is 31.3 Å². The van der Waals surface area contributed by atoms with E-state index in [1.807, 2.05) is 25.1 Å². The maximum atomic E-state index is 6.07. The first-order valence-electron chi connectivity index (χ1n) is 7.20. The minimum atomic E-state index is 0.354. The Kier molecular flexibility index (Phi) is 5.55. The number of nitrogens with two attached hydrogens (primary N) is 1. The number of rotatable bonds is 7. The average Bonchev–Trinajstić information content (AvgIpc) is 2.51. The van der Waals surface area contributed by atoms with E-state index in [1.165, 1.54) is 11.9 Å². The molecule has 0 amide bonds. The summed E-state index contributed by atoms with van der Waals surface area (Å²) >= 11 is 0. The maximum Gasteiger partial charge on any atom is 0.248 e. The third-order valence-corrected chi connectivity index (χ3v) is 3.36. The van der Waals surface area contributed by atoms with Gasteiger partial charge in [-0.25, -0.2) is 4.98 Å². The smallest absolute Gasteiger partial charge is 0.248 e. The van der Waals surface area contributed by atoms with Crippen LogP contribution in [-0.2, 0) is 4.74 Å². The quantitative estimate of drug-likeness (QED) is 0.765. The Morgan fingerprint density at radius 3 is 2.73 bits per heavy atom. The Morgan fingerprint density at radius 2 is 2.00 bits per heavy atom. The van der Waals surface area contributed by atoms with E-state index in [0.717, 1.165) is 18.5 Å². The van der Waals surface area contributed by atoms with Crippen LogP contribution in [0.5, 0.6) is 11.6 Å². The molecule has 0 aliphatic heterocycles. The fraction of sp³-hybridized carbons (Fsp3) is 0.375. The van der Waals surface area contributed by atoms with E-state index in [2.05, 4.69) is 22.2 Å². The molecule has 3 N–H and O–H groups in total. The van der Waals surface area contributed by atoms with E-state index in [1.54, 1.807) is 7.11 Å². The number of methoxy groups -OCH3 is 1. The lowest BCUT2D eigenvalue weighted by Gasteiger charge is -2.12. The fourth-order valence-corrected chi connectivity index (χ4v) is 1.91. The number of anilines is 2. The summed E-state index contributed by atoms with van der Waals surface area (Å²) in [6, 6.07) is 5.87. The molecule has 6 heteroatoms. The molecule has 1 heterocycles. The van der Waals surface area contributed by atoms with Gasteiger partial charge in [-0.1, -0.05) is 6.07 Å². The van der Waals surface area contributed by atoms with Gasteiger partial charge in [0.15, 0.2) is 5.82 Å². The third-order valence-electron chi connectivity index (χ3n) is 3.36. The molecule has 1 aromatic carbocycles. The van der Waals surface area contributed by atoms with Crippen molar-refractivity contribution in [1.29, 1.82) is 0 Å².